The van der Waals surface area contributed by atoms with Gasteiger partial charge in [0.15, 0.2) is 6.29 Å². The average molecular weight is 242 g/mol. The van der Waals surface area contributed by atoms with Crippen LogP contribution in [0.5, 0.6) is 0 Å². The van der Waals surface area contributed by atoms with E-state index in [0.717, 1.165) is 24.8 Å². The molecule has 0 aromatic rings. The molecule has 1 aliphatic rings. The molecule has 0 spiro atoms. The molecule has 100 valence electrons. The maximum Gasteiger partial charge on any atom is 0.180 e. The summed E-state index contributed by atoms with van der Waals surface area (Å²) in [5.74, 6) is 0.288. The van der Waals surface area contributed by atoms with Gasteiger partial charge in [0.1, 0.15) is 6.10 Å². The highest BCUT2D eigenvalue weighted by atomic mass is 16.6. The molecule has 1 aliphatic carbocycles. The molecule has 0 heterocycles. The summed E-state index contributed by atoms with van der Waals surface area (Å²) < 4.78 is 5.61. The van der Waals surface area contributed by atoms with E-state index in [1.807, 2.05) is 6.92 Å². The quantitative estimate of drug-likeness (QED) is 0.588. The topological polar surface area (TPSA) is 49.7 Å². The molecule has 4 atom stereocenters. The summed E-state index contributed by atoms with van der Waals surface area (Å²) in [6.45, 7) is 12.0. The summed E-state index contributed by atoms with van der Waals surface area (Å²) in [5, 5.41) is 19.0. The number of aliphatic hydroxyl groups excluding tert-OH is 2. The van der Waals surface area contributed by atoms with Crippen LogP contribution in [0.4, 0.5) is 0 Å². The van der Waals surface area contributed by atoms with E-state index in [1.165, 1.54) is 6.92 Å². The third-order valence-electron chi connectivity index (χ3n) is 3.69. The summed E-state index contributed by atoms with van der Waals surface area (Å²) in [6.07, 6.45) is 1.09. The maximum absolute atomic E-state index is 9.65. The van der Waals surface area contributed by atoms with Gasteiger partial charge in [0.2, 0.25) is 0 Å². The smallest absolute Gasteiger partial charge is 0.180 e. The van der Waals surface area contributed by atoms with E-state index in [0.29, 0.717) is 0 Å². The second-order valence-electron chi connectivity index (χ2n) is 6.17. The molecule has 0 aliphatic heterocycles. The lowest BCUT2D eigenvalue weighted by Crippen LogP contribution is -2.41. The third kappa shape index (κ3) is 4.09. The first kappa shape index (κ1) is 14.7. The molecule has 3 nitrogen and oxygen atoms in total. The van der Waals surface area contributed by atoms with Gasteiger partial charge in [0.25, 0.3) is 0 Å². The molecule has 1 rings (SSSR count). The number of rotatable bonds is 4. The van der Waals surface area contributed by atoms with Gasteiger partial charge in [-0.1, -0.05) is 26.0 Å². The third-order valence-corrected chi connectivity index (χ3v) is 3.69. The van der Waals surface area contributed by atoms with Crippen molar-refractivity contribution >= 4 is 0 Å². The fourth-order valence-electron chi connectivity index (χ4n) is 2.52. The van der Waals surface area contributed by atoms with Crippen LogP contribution in [0.25, 0.3) is 0 Å². The van der Waals surface area contributed by atoms with Crippen LogP contribution in [-0.4, -0.2) is 28.7 Å². The normalized spacial score (nSPS) is 31.9. The van der Waals surface area contributed by atoms with Crippen LogP contribution < -0.4 is 0 Å². The molecule has 17 heavy (non-hydrogen) atoms. The van der Waals surface area contributed by atoms with E-state index in [1.54, 1.807) is 0 Å². The maximum atomic E-state index is 9.65. The largest absolute Gasteiger partial charge is 0.388 e. The first-order chi connectivity index (χ1) is 7.73. The van der Waals surface area contributed by atoms with E-state index in [9.17, 15) is 10.2 Å². The number of aliphatic hydroxyl groups is 2. The van der Waals surface area contributed by atoms with Crippen LogP contribution in [0, 0.1) is 11.3 Å². The van der Waals surface area contributed by atoms with E-state index in [4.69, 9.17) is 4.74 Å². The Bertz CT molecular complexity index is 271. The highest BCUT2D eigenvalue weighted by Gasteiger charge is 2.37. The Morgan fingerprint density at radius 3 is 2.47 bits per heavy atom. The van der Waals surface area contributed by atoms with Crippen molar-refractivity contribution in [3.63, 3.8) is 0 Å². The first-order valence-electron chi connectivity index (χ1n) is 6.40. The molecule has 1 fully saturated rings. The van der Waals surface area contributed by atoms with Gasteiger partial charge in [-0.05, 0) is 38.5 Å². The zero-order chi connectivity index (χ0) is 13.2. The Morgan fingerprint density at radius 2 is 2.00 bits per heavy atom. The van der Waals surface area contributed by atoms with Crippen LogP contribution in [0.15, 0.2) is 12.2 Å². The summed E-state index contributed by atoms with van der Waals surface area (Å²) in [5.41, 5.74) is 1.33. The first-order valence-corrected chi connectivity index (χ1v) is 6.40. The minimum atomic E-state index is -1.10. The lowest BCUT2D eigenvalue weighted by Gasteiger charge is -2.41. The Kier molecular flexibility index (Phi) is 4.76. The fourth-order valence-corrected chi connectivity index (χ4v) is 2.52. The molecule has 1 unspecified atom stereocenters. The zero-order valence-electron chi connectivity index (χ0n) is 11.4. The van der Waals surface area contributed by atoms with Gasteiger partial charge in [0.05, 0.1) is 6.10 Å². The summed E-state index contributed by atoms with van der Waals surface area (Å²) >= 11 is 0. The minimum absolute atomic E-state index is 0.0409. The van der Waals surface area contributed by atoms with Crippen molar-refractivity contribution in [2.45, 2.75) is 65.5 Å². The van der Waals surface area contributed by atoms with Gasteiger partial charge in [0, 0.05) is 5.92 Å². The van der Waals surface area contributed by atoms with E-state index in [-0.39, 0.29) is 17.4 Å². The second kappa shape index (κ2) is 5.51. The van der Waals surface area contributed by atoms with Crippen molar-refractivity contribution in [3.8, 4) is 0 Å². The van der Waals surface area contributed by atoms with Crippen LogP contribution >= 0.6 is 0 Å². The Hall–Kier alpha value is -0.380. The molecule has 0 amide bonds. The number of hydrogen-bond donors (Lipinski definition) is 2. The molecule has 0 saturated heterocycles. The monoisotopic (exact) mass is 242 g/mol. The van der Waals surface area contributed by atoms with E-state index in [2.05, 4.69) is 20.4 Å². The van der Waals surface area contributed by atoms with Crippen LogP contribution in [-0.2, 0) is 4.74 Å². The molecule has 2 N–H and O–H groups in total. The van der Waals surface area contributed by atoms with Crippen molar-refractivity contribution in [1.82, 2.24) is 0 Å². The van der Waals surface area contributed by atoms with Gasteiger partial charge in [-0.2, -0.15) is 0 Å². The van der Waals surface area contributed by atoms with Gasteiger partial charge in [-0.3, -0.25) is 0 Å². The average Bonchev–Trinajstić information content (AvgIpc) is 2.15. The second-order valence-corrected chi connectivity index (χ2v) is 6.17. The van der Waals surface area contributed by atoms with Gasteiger partial charge >= 0.3 is 0 Å². The van der Waals surface area contributed by atoms with Crippen molar-refractivity contribution in [2.24, 2.45) is 11.3 Å². The lowest BCUT2D eigenvalue weighted by atomic mass is 9.70. The van der Waals surface area contributed by atoms with Gasteiger partial charge in [-0.25, -0.2) is 0 Å². The summed E-state index contributed by atoms with van der Waals surface area (Å²) in [4.78, 5) is 0. The lowest BCUT2D eigenvalue weighted by molar-refractivity contribution is -0.203. The van der Waals surface area contributed by atoms with Crippen LogP contribution in [0.1, 0.15) is 47.0 Å². The van der Waals surface area contributed by atoms with Gasteiger partial charge < -0.3 is 14.9 Å². The molecule has 0 aromatic heterocycles. The van der Waals surface area contributed by atoms with E-state index < -0.39 is 12.4 Å². The highest BCUT2D eigenvalue weighted by molar-refractivity contribution is 5.03. The van der Waals surface area contributed by atoms with E-state index >= 15 is 0 Å². The SMILES string of the molecule is C=C(C)[C@H]1CCC(C)(C)C[C@@H]1OC(O)[C@H](C)O. The predicted octanol–water partition coefficient (Wildman–Crippen LogP) is 2.47. The molecular weight excluding hydrogens is 216 g/mol. The molecule has 0 radical (unpaired) electrons. The summed E-state index contributed by atoms with van der Waals surface area (Å²) in [7, 11) is 0. The number of ether oxygens (including phenoxy) is 1. The fraction of sp³-hybridized carbons (Fsp3) is 0.857. The zero-order valence-corrected chi connectivity index (χ0v) is 11.4. The predicted molar refractivity (Wildman–Crippen MR) is 68.5 cm³/mol. The Balaban J connectivity index is 2.71. The molecule has 1 saturated carbocycles. The van der Waals surface area contributed by atoms with Crippen molar-refractivity contribution in [1.29, 1.82) is 0 Å². The van der Waals surface area contributed by atoms with Crippen molar-refractivity contribution in [2.75, 3.05) is 0 Å². The molecule has 0 bridgehead atoms. The van der Waals surface area contributed by atoms with Crippen molar-refractivity contribution < 1.29 is 14.9 Å². The molecule has 0 aromatic carbocycles. The molecule has 3 heteroatoms. The minimum Gasteiger partial charge on any atom is -0.388 e. The Morgan fingerprint density at radius 1 is 1.41 bits per heavy atom. The Labute approximate surface area is 104 Å². The van der Waals surface area contributed by atoms with Gasteiger partial charge in [-0.15, -0.1) is 0 Å². The van der Waals surface area contributed by atoms with Crippen LogP contribution in [0.2, 0.25) is 0 Å². The van der Waals surface area contributed by atoms with Crippen LogP contribution in [0.3, 0.4) is 0 Å². The highest BCUT2D eigenvalue weighted by Crippen LogP contribution is 2.42. The number of hydrogen-bond acceptors (Lipinski definition) is 3. The summed E-state index contributed by atoms with van der Waals surface area (Å²) in [6, 6.07) is 0. The standard InChI is InChI=1S/C14H26O3/c1-9(2)11-6-7-14(4,5)8-12(11)17-13(16)10(3)15/h10-13,15-16H,1,6-8H2,2-5H3/t10-,11+,12-,13?/m0/s1. The van der Waals surface area contributed by atoms with Crippen molar-refractivity contribution in [3.05, 3.63) is 12.2 Å². The molecular formula is C14H26O3.